The van der Waals surface area contributed by atoms with Gasteiger partial charge in [0.1, 0.15) is 5.82 Å². The third-order valence-electron chi connectivity index (χ3n) is 6.66. The van der Waals surface area contributed by atoms with E-state index >= 15 is 4.39 Å². The Morgan fingerprint density at radius 1 is 0.743 bits per heavy atom. The largest absolute Gasteiger partial charge is 0.352 e. The van der Waals surface area contributed by atoms with Crippen LogP contribution in [0.3, 0.4) is 0 Å². The number of unbranched alkanes of at least 4 members (excludes halogenated alkanes) is 2. The predicted octanol–water partition coefficient (Wildman–Crippen LogP) is 8.43. The van der Waals surface area contributed by atoms with Crippen molar-refractivity contribution in [3.05, 3.63) is 83.2 Å². The highest BCUT2D eigenvalue weighted by molar-refractivity contribution is 5.71. The van der Waals surface area contributed by atoms with Gasteiger partial charge < -0.3 is 9.47 Å². The number of rotatable bonds is 9. The van der Waals surface area contributed by atoms with Crippen molar-refractivity contribution in [2.24, 2.45) is 0 Å². The van der Waals surface area contributed by atoms with Gasteiger partial charge in [0.15, 0.2) is 17.9 Å². The second kappa shape index (κ2) is 11.9. The molecule has 0 saturated carbocycles. The van der Waals surface area contributed by atoms with Crippen molar-refractivity contribution in [2.45, 2.75) is 64.6 Å². The van der Waals surface area contributed by atoms with Crippen molar-refractivity contribution in [3.8, 4) is 22.3 Å². The molecule has 3 aromatic carbocycles. The summed E-state index contributed by atoms with van der Waals surface area (Å²) in [4.78, 5) is 0. The Hall–Kier alpha value is -2.63. The highest BCUT2D eigenvalue weighted by atomic mass is 19.2. The molecule has 5 heteroatoms. The maximum absolute atomic E-state index is 15.0. The molecular formula is C30H33F3O2. The van der Waals surface area contributed by atoms with Gasteiger partial charge in [-0.25, -0.2) is 13.2 Å². The van der Waals surface area contributed by atoms with Gasteiger partial charge in [0.05, 0.1) is 13.2 Å². The number of ether oxygens (including phenoxy) is 2. The van der Waals surface area contributed by atoms with Crippen LogP contribution in [0.15, 0.2) is 54.6 Å². The Kier molecular flexibility index (Phi) is 8.64. The second-order valence-corrected chi connectivity index (χ2v) is 9.26. The van der Waals surface area contributed by atoms with Gasteiger partial charge >= 0.3 is 0 Å². The molecule has 2 nitrogen and oxygen atoms in total. The maximum atomic E-state index is 15.0. The first-order chi connectivity index (χ1) is 17.0. The van der Waals surface area contributed by atoms with Crippen LogP contribution in [0.4, 0.5) is 13.2 Å². The molecule has 0 atom stereocenters. The smallest absolute Gasteiger partial charge is 0.166 e. The minimum atomic E-state index is -0.844. The summed E-state index contributed by atoms with van der Waals surface area (Å²) in [7, 11) is 0. The van der Waals surface area contributed by atoms with E-state index in [4.69, 9.17) is 9.47 Å². The van der Waals surface area contributed by atoms with E-state index < -0.39 is 11.6 Å². The molecular weight excluding hydrogens is 449 g/mol. The Morgan fingerprint density at radius 3 is 2.03 bits per heavy atom. The molecule has 4 rings (SSSR count). The topological polar surface area (TPSA) is 18.5 Å². The lowest BCUT2D eigenvalue weighted by Crippen LogP contribution is -2.30. The highest BCUT2D eigenvalue weighted by Gasteiger charge is 2.24. The molecule has 35 heavy (non-hydrogen) atoms. The average molecular weight is 483 g/mol. The van der Waals surface area contributed by atoms with E-state index in [-0.39, 0.29) is 23.6 Å². The average Bonchev–Trinajstić information content (AvgIpc) is 2.88. The van der Waals surface area contributed by atoms with Crippen LogP contribution in [0, 0.1) is 17.5 Å². The van der Waals surface area contributed by atoms with E-state index in [1.54, 1.807) is 48.5 Å². The molecule has 0 aromatic heterocycles. The van der Waals surface area contributed by atoms with Crippen LogP contribution < -0.4 is 0 Å². The van der Waals surface area contributed by atoms with Gasteiger partial charge in [0, 0.05) is 17.0 Å². The Morgan fingerprint density at radius 2 is 1.40 bits per heavy atom. The van der Waals surface area contributed by atoms with Gasteiger partial charge in [-0.2, -0.15) is 0 Å². The fraction of sp³-hybridized carbons (Fsp3) is 0.400. The number of halogens is 3. The van der Waals surface area contributed by atoms with Crippen molar-refractivity contribution in [1.29, 1.82) is 0 Å². The summed E-state index contributed by atoms with van der Waals surface area (Å²) in [6.07, 6.45) is 5.37. The monoisotopic (exact) mass is 482 g/mol. The summed E-state index contributed by atoms with van der Waals surface area (Å²) in [6.45, 7) is 5.13. The molecule has 1 fully saturated rings. The van der Waals surface area contributed by atoms with Gasteiger partial charge in [0.2, 0.25) is 0 Å². The zero-order valence-electron chi connectivity index (χ0n) is 20.5. The van der Waals surface area contributed by atoms with Gasteiger partial charge in [-0.15, -0.1) is 0 Å². The molecule has 0 aliphatic carbocycles. The lowest BCUT2D eigenvalue weighted by atomic mass is 9.94. The van der Waals surface area contributed by atoms with Crippen LogP contribution in [0.25, 0.3) is 22.3 Å². The standard InChI is InChI=1S/C30H33F3O2/c1-3-5-6-8-28-34-18-24(19-35-28)23-14-15-25(27(31)17-23)20-9-11-21(12-10-20)26-16-13-22(7-4-2)29(32)30(26)33/h9-17,24,28H,3-8,18-19H2,1-2H3. The third kappa shape index (κ3) is 5.96. The van der Waals surface area contributed by atoms with E-state index in [1.807, 2.05) is 13.0 Å². The van der Waals surface area contributed by atoms with Crippen LogP contribution in [0.5, 0.6) is 0 Å². The summed E-state index contributed by atoms with van der Waals surface area (Å²) in [5.74, 6) is -1.97. The zero-order chi connectivity index (χ0) is 24.8. The first-order valence-electron chi connectivity index (χ1n) is 12.6. The van der Waals surface area contributed by atoms with Crippen LogP contribution in [0.1, 0.15) is 63.0 Å². The van der Waals surface area contributed by atoms with E-state index in [9.17, 15) is 8.78 Å². The molecule has 0 N–H and O–H groups in total. The van der Waals surface area contributed by atoms with Crippen LogP contribution >= 0.6 is 0 Å². The summed E-state index contributed by atoms with van der Waals surface area (Å²) in [6, 6.07) is 15.3. The Bertz CT molecular complexity index is 1120. The first kappa shape index (κ1) is 25.5. The van der Waals surface area contributed by atoms with Crippen molar-refractivity contribution in [3.63, 3.8) is 0 Å². The second-order valence-electron chi connectivity index (χ2n) is 9.26. The zero-order valence-corrected chi connectivity index (χ0v) is 20.5. The molecule has 0 radical (unpaired) electrons. The van der Waals surface area contributed by atoms with Crippen molar-refractivity contribution in [2.75, 3.05) is 13.2 Å². The fourth-order valence-electron chi connectivity index (χ4n) is 4.59. The van der Waals surface area contributed by atoms with Gasteiger partial charge in [0.25, 0.3) is 0 Å². The first-order valence-corrected chi connectivity index (χ1v) is 12.6. The summed E-state index contributed by atoms with van der Waals surface area (Å²) < 4.78 is 55.7. The van der Waals surface area contributed by atoms with Gasteiger partial charge in [-0.3, -0.25) is 0 Å². The number of aryl methyl sites for hydroxylation is 1. The third-order valence-corrected chi connectivity index (χ3v) is 6.66. The lowest BCUT2D eigenvalue weighted by molar-refractivity contribution is -0.190. The van der Waals surface area contributed by atoms with E-state index in [1.165, 1.54) is 0 Å². The maximum Gasteiger partial charge on any atom is 0.166 e. The minimum absolute atomic E-state index is 0.00287. The summed E-state index contributed by atoms with van der Waals surface area (Å²) in [5.41, 5.74) is 3.12. The van der Waals surface area contributed by atoms with Crippen molar-refractivity contribution in [1.82, 2.24) is 0 Å². The molecule has 1 aliphatic heterocycles. The fourth-order valence-corrected chi connectivity index (χ4v) is 4.59. The quantitative estimate of drug-likeness (QED) is 0.285. The van der Waals surface area contributed by atoms with Crippen LogP contribution in [-0.4, -0.2) is 19.5 Å². The van der Waals surface area contributed by atoms with Crippen molar-refractivity contribution >= 4 is 0 Å². The highest BCUT2D eigenvalue weighted by Crippen LogP contribution is 2.32. The number of hydrogen-bond acceptors (Lipinski definition) is 2. The lowest BCUT2D eigenvalue weighted by Gasteiger charge is -2.30. The number of benzene rings is 3. The molecule has 0 amide bonds. The molecule has 0 unspecified atom stereocenters. The van der Waals surface area contributed by atoms with E-state index in [2.05, 4.69) is 6.92 Å². The molecule has 0 spiro atoms. The van der Waals surface area contributed by atoms with Gasteiger partial charge in [-0.05, 0) is 47.6 Å². The van der Waals surface area contributed by atoms with Crippen LogP contribution in [0.2, 0.25) is 0 Å². The normalized spacial score (nSPS) is 18.1. The predicted molar refractivity (Wildman–Crippen MR) is 134 cm³/mol. The SMILES string of the molecule is CCCCCC1OCC(c2ccc(-c3ccc(-c4ccc(CCC)c(F)c4F)cc3)c(F)c2)CO1. The summed E-state index contributed by atoms with van der Waals surface area (Å²) in [5, 5.41) is 0. The van der Waals surface area contributed by atoms with E-state index in [0.29, 0.717) is 41.9 Å². The van der Waals surface area contributed by atoms with Crippen molar-refractivity contribution < 1.29 is 22.6 Å². The molecule has 3 aromatic rings. The van der Waals surface area contributed by atoms with E-state index in [0.717, 1.165) is 37.7 Å². The molecule has 1 aliphatic rings. The molecule has 1 saturated heterocycles. The Balaban J connectivity index is 1.45. The molecule has 1 heterocycles. The minimum Gasteiger partial charge on any atom is -0.352 e. The van der Waals surface area contributed by atoms with Gasteiger partial charge in [-0.1, -0.05) is 81.6 Å². The molecule has 186 valence electrons. The summed E-state index contributed by atoms with van der Waals surface area (Å²) >= 11 is 0. The number of hydrogen-bond donors (Lipinski definition) is 0. The van der Waals surface area contributed by atoms with Crippen LogP contribution in [-0.2, 0) is 15.9 Å². The molecule has 0 bridgehead atoms. The Labute approximate surface area is 206 Å².